The molecule has 3 N–H and O–H groups in total. The average molecular weight is 440 g/mol. The van der Waals surface area contributed by atoms with E-state index in [1.165, 1.54) is 11.3 Å². The van der Waals surface area contributed by atoms with Crippen molar-refractivity contribution >= 4 is 54.2 Å². The zero-order chi connectivity index (χ0) is 21.3. The monoisotopic (exact) mass is 439 g/mol. The van der Waals surface area contributed by atoms with Gasteiger partial charge < -0.3 is 5.73 Å². The summed E-state index contributed by atoms with van der Waals surface area (Å²) in [5.41, 5.74) is 9.55. The number of guanidine groups is 1. The number of thiophene rings is 1. The van der Waals surface area contributed by atoms with E-state index in [4.69, 9.17) is 5.73 Å². The Kier molecular flexibility index (Phi) is 5.25. The SMILES string of the molecule is CS(=O)(=O)ONC(N)=NC(=O)c1cc2c(-c3cccc4ccccc34)cccc2s1. The van der Waals surface area contributed by atoms with Crippen LogP contribution in [0.5, 0.6) is 0 Å². The molecule has 0 saturated carbocycles. The predicted octanol–water partition coefficient (Wildman–Crippen LogP) is 3.66. The molecule has 1 amide bonds. The molecule has 1 aromatic heterocycles. The van der Waals surface area contributed by atoms with Crippen molar-refractivity contribution in [1.29, 1.82) is 0 Å². The third-order valence-electron chi connectivity index (χ3n) is 4.37. The summed E-state index contributed by atoms with van der Waals surface area (Å²) in [6, 6.07) is 21.9. The summed E-state index contributed by atoms with van der Waals surface area (Å²) in [7, 11) is -3.78. The zero-order valence-electron chi connectivity index (χ0n) is 15.8. The number of aliphatic imine (C=N–C) groups is 1. The fraction of sp³-hybridized carbons (Fsp3) is 0.0476. The Morgan fingerprint density at radius 1 is 1.00 bits per heavy atom. The number of carbonyl (C=O) groups excluding carboxylic acids is 1. The summed E-state index contributed by atoms with van der Waals surface area (Å²) in [6.45, 7) is 0. The minimum Gasteiger partial charge on any atom is -0.368 e. The number of nitrogens with one attached hydrogen (secondary N) is 1. The van der Waals surface area contributed by atoms with Gasteiger partial charge in [0.15, 0.2) is 0 Å². The number of benzene rings is 3. The third kappa shape index (κ3) is 4.18. The van der Waals surface area contributed by atoms with E-state index >= 15 is 0 Å². The molecule has 0 aliphatic heterocycles. The minimum absolute atomic E-state index is 0.377. The first-order valence-electron chi connectivity index (χ1n) is 8.85. The molecule has 3 aromatic carbocycles. The number of nitrogens with zero attached hydrogens (tertiary/aromatic N) is 1. The molecule has 0 atom stereocenters. The molecule has 9 heteroatoms. The fourth-order valence-electron chi connectivity index (χ4n) is 3.17. The second kappa shape index (κ2) is 7.86. The van der Waals surface area contributed by atoms with Gasteiger partial charge in [-0.2, -0.15) is 13.4 Å². The Hall–Kier alpha value is -3.27. The molecular formula is C21H17N3O4S2. The highest BCUT2D eigenvalue weighted by molar-refractivity contribution is 7.85. The number of hydrogen-bond acceptors (Lipinski definition) is 5. The molecule has 0 saturated heterocycles. The molecule has 7 nitrogen and oxygen atoms in total. The first-order valence-corrected chi connectivity index (χ1v) is 11.5. The average Bonchev–Trinajstić information content (AvgIpc) is 3.16. The van der Waals surface area contributed by atoms with E-state index in [0.717, 1.165) is 38.2 Å². The van der Waals surface area contributed by atoms with Gasteiger partial charge in [0, 0.05) is 10.1 Å². The van der Waals surface area contributed by atoms with Crippen LogP contribution in [-0.4, -0.2) is 26.5 Å². The van der Waals surface area contributed by atoms with E-state index in [0.29, 0.717) is 4.88 Å². The topological polar surface area (TPSA) is 111 Å². The Labute approximate surface area is 176 Å². The summed E-state index contributed by atoms with van der Waals surface area (Å²) in [6.07, 6.45) is 0.843. The van der Waals surface area contributed by atoms with Crippen molar-refractivity contribution in [2.75, 3.05) is 6.26 Å². The van der Waals surface area contributed by atoms with Crippen molar-refractivity contribution in [1.82, 2.24) is 5.48 Å². The number of fused-ring (bicyclic) bond motifs is 2. The third-order valence-corrected chi connectivity index (χ3v) is 5.85. The van der Waals surface area contributed by atoms with E-state index < -0.39 is 22.0 Å². The molecule has 0 radical (unpaired) electrons. The van der Waals surface area contributed by atoms with Gasteiger partial charge in [-0.15, -0.1) is 15.6 Å². The van der Waals surface area contributed by atoms with Gasteiger partial charge >= 0.3 is 0 Å². The maximum Gasteiger partial charge on any atom is 0.290 e. The first kappa shape index (κ1) is 20.0. The maximum absolute atomic E-state index is 12.5. The molecule has 1 heterocycles. The number of rotatable bonds is 4. The van der Waals surface area contributed by atoms with E-state index in [1.807, 2.05) is 41.9 Å². The summed E-state index contributed by atoms with van der Waals surface area (Å²) in [5.74, 6) is -1.04. The van der Waals surface area contributed by atoms with Crippen LogP contribution in [0.2, 0.25) is 0 Å². The van der Waals surface area contributed by atoms with Crippen LogP contribution in [0, 0.1) is 0 Å². The van der Waals surface area contributed by atoms with Crippen molar-refractivity contribution in [3.8, 4) is 11.1 Å². The largest absolute Gasteiger partial charge is 0.368 e. The van der Waals surface area contributed by atoms with Gasteiger partial charge in [-0.25, -0.2) is 5.48 Å². The minimum atomic E-state index is -3.78. The number of hydrogen-bond donors (Lipinski definition) is 2. The smallest absolute Gasteiger partial charge is 0.290 e. The quantitative estimate of drug-likeness (QED) is 0.285. The second-order valence-electron chi connectivity index (χ2n) is 6.55. The van der Waals surface area contributed by atoms with Crippen LogP contribution in [0.4, 0.5) is 0 Å². The van der Waals surface area contributed by atoms with Crippen molar-refractivity contribution in [2.24, 2.45) is 10.7 Å². The summed E-state index contributed by atoms with van der Waals surface area (Å²) < 4.78 is 27.2. The number of amides is 1. The summed E-state index contributed by atoms with van der Waals surface area (Å²) in [4.78, 5) is 16.5. The molecule has 0 aliphatic carbocycles. The van der Waals surface area contributed by atoms with Crippen LogP contribution >= 0.6 is 11.3 Å². The Morgan fingerprint density at radius 3 is 2.43 bits per heavy atom. The van der Waals surface area contributed by atoms with Crippen molar-refractivity contribution in [3.63, 3.8) is 0 Å². The van der Waals surface area contributed by atoms with Crippen LogP contribution in [0.15, 0.2) is 71.7 Å². The number of carbonyl (C=O) groups is 1. The highest BCUT2D eigenvalue weighted by Gasteiger charge is 2.15. The molecule has 4 aromatic rings. The lowest BCUT2D eigenvalue weighted by molar-refractivity contribution is 0.100. The summed E-state index contributed by atoms with van der Waals surface area (Å²) >= 11 is 1.29. The second-order valence-corrected chi connectivity index (χ2v) is 9.21. The van der Waals surface area contributed by atoms with Gasteiger partial charge in [0.2, 0.25) is 5.96 Å². The number of hydroxylamine groups is 1. The first-order chi connectivity index (χ1) is 14.3. The molecule has 152 valence electrons. The number of nitrogens with two attached hydrogens (primary N) is 1. The summed E-state index contributed by atoms with van der Waals surface area (Å²) in [5, 5.41) is 3.18. The lowest BCUT2D eigenvalue weighted by atomic mass is 9.96. The van der Waals surface area contributed by atoms with Gasteiger partial charge in [-0.05, 0) is 34.0 Å². The predicted molar refractivity (Wildman–Crippen MR) is 120 cm³/mol. The van der Waals surface area contributed by atoms with Crippen molar-refractivity contribution in [2.45, 2.75) is 0 Å². The maximum atomic E-state index is 12.5. The molecule has 0 fully saturated rings. The normalized spacial score (nSPS) is 12.4. The van der Waals surface area contributed by atoms with E-state index in [2.05, 4.69) is 33.5 Å². The lowest BCUT2D eigenvalue weighted by Crippen LogP contribution is -2.34. The van der Waals surface area contributed by atoms with Crippen LogP contribution in [0.25, 0.3) is 32.0 Å². The Morgan fingerprint density at radius 2 is 1.67 bits per heavy atom. The van der Waals surface area contributed by atoms with Crippen LogP contribution < -0.4 is 11.2 Å². The van der Waals surface area contributed by atoms with E-state index in [9.17, 15) is 13.2 Å². The standard InChI is InChI=1S/C21H17N3O4S2/c1-30(26,27)28-24-21(22)23-20(25)19-12-17-16(10-5-11-18(17)29-19)15-9-4-7-13-6-2-3-8-14(13)15/h2-12H,1H3,(H3,22,23,24,25). The van der Waals surface area contributed by atoms with Gasteiger partial charge in [0.1, 0.15) is 0 Å². The molecule has 4 rings (SSSR count). The van der Waals surface area contributed by atoms with Crippen molar-refractivity contribution in [3.05, 3.63) is 71.6 Å². The molecule has 30 heavy (non-hydrogen) atoms. The van der Waals surface area contributed by atoms with Crippen LogP contribution in [-0.2, 0) is 14.4 Å². The Bertz CT molecular complexity index is 1400. The lowest BCUT2D eigenvalue weighted by Gasteiger charge is -2.08. The molecule has 0 spiro atoms. The Balaban J connectivity index is 1.73. The molecule has 0 bridgehead atoms. The van der Waals surface area contributed by atoms with E-state index in [-0.39, 0.29) is 0 Å². The molecule has 0 aliphatic rings. The van der Waals surface area contributed by atoms with Crippen LogP contribution in [0.1, 0.15) is 9.67 Å². The van der Waals surface area contributed by atoms with Gasteiger partial charge in [0.25, 0.3) is 16.0 Å². The van der Waals surface area contributed by atoms with Gasteiger partial charge in [0.05, 0.1) is 11.1 Å². The van der Waals surface area contributed by atoms with Gasteiger partial charge in [-0.3, -0.25) is 4.79 Å². The highest BCUT2D eigenvalue weighted by Crippen LogP contribution is 2.37. The van der Waals surface area contributed by atoms with E-state index in [1.54, 1.807) is 6.07 Å². The van der Waals surface area contributed by atoms with Crippen molar-refractivity contribution < 1.29 is 17.5 Å². The van der Waals surface area contributed by atoms with Gasteiger partial charge in [-0.1, -0.05) is 54.6 Å². The molecule has 0 unspecified atom stereocenters. The fourth-order valence-corrected chi connectivity index (χ4v) is 4.38. The van der Waals surface area contributed by atoms with Crippen LogP contribution in [0.3, 0.4) is 0 Å². The molecular weight excluding hydrogens is 422 g/mol. The highest BCUT2D eigenvalue weighted by atomic mass is 32.2. The zero-order valence-corrected chi connectivity index (χ0v) is 17.5.